The summed E-state index contributed by atoms with van der Waals surface area (Å²) in [5, 5.41) is 16.0. The Morgan fingerprint density at radius 3 is 2.92 bits per heavy atom. The molecule has 0 atom stereocenters. The fraction of sp³-hybridized carbons (Fsp3) is 0.0556. The van der Waals surface area contributed by atoms with Crippen molar-refractivity contribution in [2.45, 2.75) is 0 Å². The van der Waals surface area contributed by atoms with Crippen LogP contribution in [-0.2, 0) is 0 Å². The van der Waals surface area contributed by atoms with Gasteiger partial charge in [-0.15, -0.1) is 11.3 Å². The zero-order chi connectivity index (χ0) is 17.5. The van der Waals surface area contributed by atoms with Gasteiger partial charge in [-0.2, -0.15) is 10.4 Å². The third-order valence-electron chi connectivity index (χ3n) is 3.20. The summed E-state index contributed by atoms with van der Waals surface area (Å²) in [7, 11) is 0. The molecule has 0 aliphatic heterocycles. The Kier molecular flexibility index (Phi) is 5.62. The van der Waals surface area contributed by atoms with E-state index in [0.717, 1.165) is 11.3 Å². The first-order valence-electron chi connectivity index (χ1n) is 7.35. The molecule has 2 aromatic carbocycles. The second-order valence-corrected chi connectivity index (χ2v) is 6.20. The summed E-state index contributed by atoms with van der Waals surface area (Å²) in [5.41, 5.74) is 5.52. The molecule has 0 aliphatic rings. The molecule has 1 heterocycles. The molecule has 25 heavy (non-hydrogen) atoms. The van der Waals surface area contributed by atoms with E-state index < -0.39 is 0 Å². The Morgan fingerprint density at radius 2 is 2.12 bits per heavy atom. The van der Waals surface area contributed by atoms with Crippen molar-refractivity contribution in [2.24, 2.45) is 5.10 Å². The molecule has 7 heteroatoms. The minimum Gasteiger partial charge on any atom is -0.478 e. The van der Waals surface area contributed by atoms with E-state index in [2.05, 4.69) is 15.5 Å². The smallest absolute Gasteiger partial charge is 0.203 e. The average molecular weight is 369 g/mol. The van der Waals surface area contributed by atoms with Crippen molar-refractivity contribution in [2.75, 3.05) is 12.0 Å². The lowest BCUT2D eigenvalue weighted by Crippen LogP contribution is -1.98. The van der Waals surface area contributed by atoms with Crippen LogP contribution >= 0.6 is 22.9 Å². The van der Waals surface area contributed by atoms with Gasteiger partial charge in [0.25, 0.3) is 0 Å². The quantitative estimate of drug-likeness (QED) is 0.500. The zero-order valence-electron chi connectivity index (χ0n) is 13.0. The fourth-order valence-corrected chi connectivity index (χ4v) is 2.93. The molecule has 0 saturated carbocycles. The summed E-state index contributed by atoms with van der Waals surface area (Å²) in [6.07, 6.45) is 1.59. The van der Waals surface area contributed by atoms with Crippen molar-refractivity contribution in [1.29, 1.82) is 5.26 Å². The second-order valence-electron chi connectivity index (χ2n) is 4.90. The van der Waals surface area contributed by atoms with Gasteiger partial charge >= 0.3 is 0 Å². The van der Waals surface area contributed by atoms with Crippen LogP contribution in [0.2, 0.25) is 5.02 Å². The van der Waals surface area contributed by atoms with Gasteiger partial charge in [-0.25, -0.2) is 4.98 Å². The number of hydrogen-bond acceptors (Lipinski definition) is 6. The highest BCUT2D eigenvalue weighted by molar-refractivity contribution is 7.14. The molecule has 3 rings (SSSR count). The van der Waals surface area contributed by atoms with Crippen LogP contribution in [0, 0.1) is 11.3 Å². The number of benzene rings is 2. The van der Waals surface area contributed by atoms with Crippen LogP contribution in [0.4, 0.5) is 5.13 Å². The largest absolute Gasteiger partial charge is 0.478 e. The summed E-state index contributed by atoms with van der Waals surface area (Å²) in [4.78, 5) is 4.49. The number of nitriles is 1. The minimum absolute atomic E-state index is 0.0389. The molecule has 0 aliphatic carbocycles. The second kappa shape index (κ2) is 8.29. The highest BCUT2D eigenvalue weighted by atomic mass is 35.5. The van der Waals surface area contributed by atoms with E-state index in [1.54, 1.807) is 24.4 Å². The van der Waals surface area contributed by atoms with Gasteiger partial charge in [0.1, 0.15) is 11.8 Å². The van der Waals surface area contributed by atoms with Crippen molar-refractivity contribution in [3.63, 3.8) is 0 Å². The van der Waals surface area contributed by atoms with Crippen molar-refractivity contribution in [1.82, 2.24) is 4.98 Å². The lowest BCUT2D eigenvalue weighted by atomic mass is 10.2. The molecule has 0 radical (unpaired) electrons. The molecule has 5 nitrogen and oxygen atoms in total. The molecule has 1 N–H and O–H groups in total. The first-order chi connectivity index (χ1) is 12.3. The summed E-state index contributed by atoms with van der Waals surface area (Å²) in [6.45, 7) is -0.0389. The number of halogens is 1. The van der Waals surface area contributed by atoms with E-state index in [0.29, 0.717) is 21.5 Å². The van der Waals surface area contributed by atoms with Crippen molar-refractivity contribution in [3.05, 3.63) is 64.5 Å². The zero-order valence-corrected chi connectivity index (χ0v) is 14.6. The number of hydrazone groups is 1. The molecule has 3 aromatic rings. The van der Waals surface area contributed by atoms with Gasteiger partial charge in [-0.3, -0.25) is 5.43 Å². The topological polar surface area (TPSA) is 70.3 Å². The first-order valence-corrected chi connectivity index (χ1v) is 8.61. The first kappa shape index (κ1) is 17.0. The Morgan fingerprint density at radius 1 is 1.28 bits per heavy atom. The molecular formula is C18H13ClN4OS. The number of anilines is 1. The molecule has 0 fully saturated rings. The predicted molar refractivity (Wildman–Crippen MR) is 101 cm³/mol. The highest BCUT2D eigenvalue weighted by Crippen LogP contribution is 2.25. The van der Waals surface area contributed by atoms with Gasteiger partial charge in [-0.1, -0.05) is 41.9 Å². The lowest BCUT2D eigenvalue weighted by Gasteiger charge is -2.05. The van der Waals surface area contributed by atoms with E-state index in [1.807, 2.05) is 41.8 Å². The number of aromatic nitrogens is 1. The SMILES string of the molecule is N#CCOc1ccc(Cl)cc1C=NNc1nc(-c2ccccc2)cs1. The van der Waals surface area contributed by atoms with Crippen molar-refractivity contribution >= 4 is 34.3 Å². The predicted octanol–water partition coefficient (Wildman–Crippen LogP) is 4.81. The highest BCUT2D eigenvalue weighted by Gasteiger charge is 2.05. The van der Waals surface area contributed by atoms with Crippen LogP contribution in [0.25, 0.3) is 11.3 Å². The fourth-order valence-electron chi connectivity index (χ4n) is 2.09. The van der Waals surface area contributed by atoms with Crippen LogP contribution in [-0.4, -0.2) is 17.8 Å². The molecule has 124 valence electrons. The monoisotopic (exact) mass is 368 g/mol. The van der Waals surface area contributed by atoms with E-state index >= 15 is 0 Å². The summed E-state index contributed by atoms with van der Waals surface area (Å²) in [6, 6.07) is 17.0. The van der Waals surface area contributed by atoms with Crippen molar-refractivity contribution in [3.8, 4) is 23.1 Å². The van der Waals surface area contributed by atoms with Gasteiger partial charge in [-0.05, 0) is 18.2 Å². The third-order valence-corrected chi connectivity index (χ3v) is 4.18. The van der Waals surface area contributed by atoms with Gasteiger partial charge < -0.3 is 4.74 Å². The number of nitrogens with zero attached hydrogens (tertiary/aromatic N) is 3. The third kappa shape index (κ3) is 4.57. The standard InChI is InChI=1S/C18H13ClN4OS/c19-15-6-7-17(24-9-8-20)14(10-15)11-21-23-18-22-16(12-25-18)13-4-2-1-3-5-13/h1-7,10-12H,9H2,(H,22,23). The van der Waals surface area contributed by atoms with Gasteiger partial charge in [0, 0.05) is 21.5 Å². The molecule has 0 amide bonds. The van der Waals surface area contributed by atoms with Gasteiger partial charge in [0.15, 0.2) is 6.61 Å². The Labute approximate surface area is 154 Å². The van der Waals surface area contributed by atoms with E-state index in [-0.39, 0.29) is 6.61 Å². The summed E-state index contributed by atoms with van der Waals surface area (Å²) < 4.78 is 5.35. The Bertz CT molecular complexity index is 918. The minimum atomic E-state index is -0.0389. The van der Waals surface area contributed by atoms with Crippen LogP contribution in [0.5, 0.6) is 5.75 Å². The maximum absolute atomic E-state index is 8.64. The molecule has 0 saturated heterocycles. The van der Waals surface area contributed by atoms with Crippen LogP contribution in [0.3, 0.4) is 0 Å². The number of nitrogens with one attached hydrogen (secondary N) is 1. The number of hydrogen-bond donors (Lipinski definition) is 1. The number of ether oxygens (including phenoxy) is 1. The maximum Gasteiger partial charge on any atom is 0.203 e. The lowest BCUT2D eigenvalue weighted by molar-refractivity contribution is 0.367. The van der Waals surface area contributed by atoms with Gasteiger partial charge in [0.05, 0.1) is 11.9 Å². The summed E-state index contributed by atoms with van der Waals surface area (Å²) in [5.74, 6) is 0.542. The molecule has 0 spiro atoms. The number of rotatable bonds is 6. The molecule has 0 unspecified atom stereocenters. The van der Waals surface area contributed by atoms with Gasteiger partial charge in [0.2, 0.25) is 5.13 Å². The van der Waals surface area contributed by atoms with E-state index in [9.17, 15) is 0 Å². The van der Waals surface area contributed by atoms with Crippen LogP contribution in [0.1, 0.15) is 5.56 Å². The van der Waals surface area contributed by atoms with E-state index in [4.69, 9.17) is 21.6 Å². The molecule has 0 bridgehead atoms. The van der Waals surface area contributed by atoms with Crippen LogP contribution < -0.4 is 10.2 Å². The summed E-state index contributed by atoms with van der Waals surface area (Å²) >= 11 is 7.47. The maximum atomic E-state index is 8.64. The van der Waals surface area contributed by atoms with Crippen LogP contribution in [0.15, 0.2) is 59.0 Å². The normalized spacial score (nSPS) is 10.6. The Balaban J connectivity index is 1.71. The van der Waals surface area contributed by atoms with E-state index in [1.165, 1.54) is 11.3 Å². The molecule has 1 aromatic heterocycles. The molecular weight excluding hydrogens is 356 g/mol. The number of thiazole rings is 1. The Hall–Kier alpha value is -2.88. The average Bonchev–Trinajstić information content (AvgIpc) is 3.11. The van der Waals surface area contributed by atoms with Crippen molar-refractivity contribution < 1.29 is 4.74 Å².